The van der Waals surface area contributed by atoms with Crippen molar-refractivity contribution in [2.45, 2.75) is 20.3 Å². The van der Waals surface area contributed by atoms with E-state index in [1.54, 1.807) is 23.1 Å². The minimum atomic E-state index is -0.155. The van der Waals surface area contributed by atoms with E-state index in [-0.39, 0.29) is 5.91 Å². The fourth-order valence-corrected chi connectivity index (χ4v) is 2.02. The van der Waals surface area contributed by atoms with Crippen LogP contribution in [0.3, 0.4) is 0 Å². The van der Waals surface area contributed by atoms with Crippen LogP contribution in [0.5, 0.6) is 5.75 Å². The molecule has 0 radical (unpaired) electrons. The first-order valence-corrected chi connectivity index (χ1v) is 6.60. The number of hydrogen-bond acceptors (Lipinski definition) is 4. The highest BCUT2D eigenvalue weighted by Gasteiger charge is 2.21. The zero-order valence-electron chi connectivity index (χ0n) is 12.2. The quantitative estimate of drug-likeness (QED) is 0.808. The number of rotatable bonds is 6. The molecule has 0 aliphatic rings. The molecular weight excluding hydrogens is 254 g/mol. The predicted octanol–water partition coefficient (Wildman–Crippen LogP) is 2.29. The van der Waals surface area contributed by atoms with E-state index in [0.29, 0.717) is 42.4 Å². The average Bonchev–Trinajstić information content (AvgIpc) is 2.42. The SMILES string of the molecule is COc1c(N)cccc1C(=O)N(CCC#N)CC(C)C. The monoisotopic (exact) mass is 275 g/mol. The molecule has 1 amide bonds. The van der Waals surface area contributed by atoms with Crippen LogP contribution < -0.4 is 10.5 Å². The summed E-state index contributed by atoms with van der Waals surface area (Å²) in [6, 6.07) is 7.18. The Morgan fingerprint density at radius 2 is 2.20 bits per heavy atom. The Labute approximate surface area is 119 Å². The van der Waals surface area contributed by atoms with Crippen LogP contribution in [0.4, 0.5) is 5.69 Å². The van der Waals surface area contributed by atoms with E-state index in [2.05, 4.69) is 6.07 Å². The molecule has 0 heterocycles. The molecule has 1 aromatic carbocycles. The summed E-state index contributed by atoms with van der Waals surface area (Å²) < 4.78 is 5.22. The Balaban J connectivity index is 3.05. The second kappa shape index (κ2) is 7.39. The van der Waals surface area contributed by atoms with Gasteiger partial charge in [0.15, 0.2) is 5.75 Å². The Bertz CT molecular complexity index is 506. The molecule has 5 heteroatoms. The van der Waals surface area contributed by atoms with Gasteiger partial charge in [-0.15, -0.1) is 0 Å². The van der Waals surface area contributed by atoms with Gasteiger partial charge in [0, 0.05) is 13.1 Å². The molecule has 2 N–H and O–H groups in total. The Morgan fingerprint density at radius 3 is 2.75 bits per heavy atom. The molecule has 0 aliphatic heterocycles. The summed E-state index contributed by atoms with van der Waals surface area (Å²) in [6.45, 7) is 5.07. The number of nitrogens with zero attached hydrogens (tertiary/aromatic N) is 2. The Kier molecular flexibility index (Phi) is 5.85. The highest BCUT2D eigenvalue weighted by molar-refractivity contribution is 5.98. The number of amides is 1. The van der Waals surface area contributed by atoms with E-state index in [1.165, 1.54) is 7.11 Å². The van der Waals surface area contributed by atoms with Crippen molar-refractivity contribution in [2.75, 3.05) is 25.9 Å². The number of hydrogen-bond donors (Lipinski definition) is 1. The number of nitrogen functional groups attached to an aromatic ring is 1. The Morgan fingerprint density at radius 1 is 1.50 bits per heavy atom. The van der Waals surface area contributed by atoms with Gasteiger partial charge in [-0.1, -0.05) is 19.9 Å². The van der Waals surface area contributed by atoms with E-state index >= 15 is 0 Å². The topological polar surface area (TPSA) is 79.3 Å². The maximum atomic E-state index is 12.6. The van der Waals surface area contributed by atoms with Gasteiger partial charge in [0.05, 0.1) is 30.9 Å². The average molecular weight is 275 g/mol. The molecule has 0 aliphatic carbocycles. The van der Waals surface area contributed by atoms with Gasteiger partial charge >= 0.3 is 0 Å². The number of carbonyl (C=O) groups is 1. The molecule has 1 rings (SSSR count). The first kappa shape index (κ1) is 15.8. The molecule has 0 aromatic heterocycles. The third kappa shape index (κ3) is 3.89. The number of ether oxygens (including phenoxy) is 1. The molecule has 0 saturated carbocycles. The van der Waals surface area contributed by atoms with Gasteiger partial charge in [0.1, 0.15) is 0 Å². The summed E-state index contributed by atoms with van der Waals surface area (Å²) in [5.41, 5.74) is 6.69. The molecule has 0 atom stereocenters. The molecule has 0 bridgehead atoms. The minimum absolute atomic E-state index is 0.155. The van der Waals surface area contributed by atoms with Crippen molar-refractivity contribution in [3.05, 3.63) is 23.8 Å². The fourth-order valence-electron chi connectivity index (χ4n) is 2.02. The molecule has 0 spiro atoms. The van der Waals surface area contributed by atoms with E-state index < -0.39 is 0 Å². The van der Waals surface area contributed by atoms with Crippen LogP contribution in [-0.2, 0) is 0 Å². The van der Waals surface area contributed by atoms with Crippen LogP contribution in [0.1, 0.15) is 30.6 Å². The van der Waals surface area contributed by atoms with Crippen LogP contribution in [-0.4, -0.2) is 31.0 Å². The van der Waals surface area contributed by atoms with Crippen LogP contribution in [0.2, 0.25) is 0 Å². The van der Waals surface area contributed by atoms with Crippen molar-refractivity contribution in [2.24, 2.45) is 5.92 Å². The molecule has 0 saturated heterocycles. The first-order valence-electron chi connectivity index (χ1n) is 6.60. The van der Waals surface area contributed by atoms with Crippen molar-refractivity contribution in [1.29, 1.82) is 5.26 Å². The van der Waals surface area contributed by atoms with Crippen LogP contribution in [0, 0.1) is 17.2 Å². The molecule has 20 heavy (non-hydrogen) atoms. The Hall–Kier alpha value is -2.22. The maximum absolute atomic E-state index is 12.6. The summed E-state index contributed by atoms with van der Waals surface area (Å²) in [7, 11) is 1.49. The molecule has 108 valence electrons. The van der Waals surface area contributed by atoms with Crippen LogP contribution in [0.25, 0.3) is 0 Å². The normalized spacial score (nSPS) is 10.2. The number of nitriles is 1. The largest absolute Gasteiger partial charge is 0.494 e. The third-order valence-electron chi connectivity index (χ3n) is 2.85. The molecular formula is C15H21N3O2. The number of carbonyl (C=O) groups excluding carboxylic acids is 1. The highest BCUT2D eigenvalue weighted by Crippen LogP contribution is 2.27. The number of para-hydroxylation sites is 1. The van der Waals surface area contributed by atoms with E-state index in [0.717, 1.165) is 0 Å². The number of benzene rings is 1. The molecule has 0 unspecified atom stereocenters. The fraction of sp³-hybridized carbons (Fsp3) is 0.467. The number of nitrogens with two attached hydrogens (primary N) is 1. The molecule has 1 aromatic rings. The summed E-state index contributed by atoms with van der Waals surface area (Å²) >= 11 is 0. The second-order valence-corrected chi connectivity index (χ2v) is 4.98. The van der Waals surface area contributed by atoms with Gasteiger partial charge in [-0.05, 0) is 18.1 Å². The molecule has 5 nitrogen and oxygen atoms in total. The van der Waals surface area contributed by atoms with Gasteiger partial charge in [0.25, 0.3) is 5.91 Å². The summed E-state index contributed by atoms with van der Waals surface area (Å²) in [4.78, 5) is 14.3. The third-order valence-corrected chi connectivity index (χ3v) is 2.85. The van der Waals surface area contributed by atoms with Crippen molar-refractivity contribution in [3.8, 4) is 11.8 Å². The van der Waals surface area contributed by atoms with Gasteiger partial charge in [-0.3, -0.25) is 4.79 Å². The molecule has 0 fully saturated rings. The van der Waals surface area contributed by atoms with Crippen molar-refractivity contribution in [1.82, 2.24) is 4.90 Å². The van der Waals surface area contributed by atoms with Crippen molar-refractivity contribution >= 4 is 11.6 Å². The summed E-state index contributed by atoms with van der Waals surface area (Å²) in [5, 5.41) is 8.71. The summed E-state index contributed by atoms with van der Waals surface area (Å²) in [5.74, 6) is 0.561. The first-order chi connectivity index (χ1) is 9.51. The van der Waals surface area contributed by atoms with E-state index in [1.807, 2.05) is 13.8 Å². The lowest BCUT2D eigenvalue weighted by atomic mass is 10.1. The smallest absolute Gasteiger partial charge is 0.257 e. The standard InChI is InChI=1S/C15H21N3O2/c1-11(2)10-18(9-5-8-16)15(19)12-6-4-7-13(17)14(12)20-3/h4,6-7,11H,5,9-10,17H2,1-3H3. The predicted molar refractivity (Wildman–Crippen MR) is 78.4 cm³/mol. The highest BCUT2D eigenvalue weighted by atomic mass is 16.5. The zero-order valence-corrected chi connectivity index (χ0v) is 12.2. The maximum Gasteiger partial charge on any atom is 0.257 e. The lowest BCUT2D eigenvalue weighted by molar-refractivity contribution is 0.0736. The van der Waals surface area contributed by atoms with E-state index in [9.17, 15) is 4.79 Å². The minimum Gasteiger partial charge on any atom is -0.494 e. The van der Waals surface area contributed by atoms with Gasteiger partial charge in [-0.2, -0.15) is 5.26 Å². The zero-order chi connectivity index (χ0) is 15.1. The van der Waals surface area contributed by atoms with Crippen molar-refractivity contribution in [3.63, 3.8) is 0 Å². The van der Waals surface area contributed by atoms with Crippen LogP contribution >= 0.6 is 0 Å². The number of anilines is 1. The van der Waals surface area contributed by atoms with Crippen LogP contribution in [0.15, 0.2) is 18.2 Å². The van der Waals surface area contributed by atoms with E-state index in [4.69, 9.17) is 15.7 Å². The van der Waals surface area contributed by atoms with Gasteiger partial charge < -0.3 is 15.4 Å². The van der Waals surface area contributed by atoms with Gasteiger partial charge in [-0.25, -0.2) is 0 Å². The lowest BCUT2D eigenvalue weighted by Gasteiger charge is -2.24. The second-order valence-electron chi connectivity index (χ2n) is 4.98. The van der Waals surface area contributed by atoms with Gasteiger partial charge in [0.2, 0.25) is 0 Å². The lowest BCUT2D eigenvalue weighted by Crippen LogP contribution is -2.35. The summed E-state index contributed by atoms with van der Waals surface area (Å²) in [6.07, 6.45) is 0.309. The number of methoxy groups -OCH3 is 1. The van der Waals surface area contributed by atoms with Crippen molar-refractivity contribution < 1.29 is 9.53 Å².